The molecule has 180 valence electrons. The first-order chi connectivity index (χ1) is 16.9. The van der Waals surface area contributed by atoms with E-state index in [9.17, 15) is 9.90 Å². The van der Waals surface area contributed by atoms with E-state index in [4.69, 9.17) is 0 Å². The molecule has 5 heterocycles. The number of pyridine rings is 1. The average Bonchev–Trinajstić information content (AvgIpc) is 3.24. The minimum Gasteiger partial charge on any atom is -0.390 e. The standard InChI is InChI=1S/C23H25N9O2S/c1-23(34)4-6-31(7-5-23)18-9-24-15(8-17(18)32-10-16(26-13-32)14-2-3-14)21(33)28-19-11-35-22(29-19)20-25-12-27-30-20/h8-14,34H,2-7H2,1H3,(H,28,33)(H,25,27,30). The highest BCUT2D eigenvalue weighted by molar-refractivity contribution is 7.13. The van der Waals surface area contributed by atoms with Crippen molar-refractivity contribution in [2.75, 3.05) is 23.3 Å². The van der Waals surface area contributed by atoms with E-state index in [1.54, 1.807) is 24.0 Å². The predicted molar refractivity (Wildman–Crippen MR) is 131 cm³/mol. The Morgan fingerprint density at radius 1 is 1.23 bits per heavy atom. The zero-order chi connectivity index (χ0) is 24.0. The summed E-state index contributed by atoms with van der Waals surface area (Å²) < 4.78 is 1.97. The molecule has 35 heavy (non-hydrogen) atoms. The van der Waals surface area contributed by atoms with Crippen LogP contribution in [0.25, 0.3) is 16.5 Å². The van der Waals surface area contributed by atoms with Gasteiger partial charge in [-0.3, -0.25) is 9.89 Å². The third-order valence-corrected chi connectivity index (χ3v) is 7.36. The summed E-state index contributed by atoms with van der Waals surface area (Å²) in [5, 5.41) is 22.2. The van der Waals surface area contributed by atoms with Crippen LogP contribution in [0.15, 0.2) is 36.5 Å². The van der Waals surface area contributed by atoms with E-state index in [0.717, 1.165) is 17.1 Å². The van der Waals surface area contributed by atoms with Crippen molar-refractivity contribution in [2.45, 2.75) is 44.1 Å². The third-order valence-electron chi connectivity index (χ3n) is 6.52. The first-order valence-corrected chi connectivity index (χ1v) is 12.5. The van der Waals surface area contributed by atoms with Crippen molar-refractivity contribution in [3.63, 3.8) is 0 Å². The number of piperidine rings is 1. The number of nitrogens with one attached hydrogen (secondary N) is 2. The van der Waals surface area contributed by atoms with Crippen molar-refractivity contribution >= 4 is 28.7 Å². The summed E-state index contributed by atoms with van der Waals surface area (Å²) >= 11 is 1.36. The molecule has 0 aromatic carbocycles. The van der Waals surface area contributed by atoms with E-state index in [1.807, 2.05) is 17.7 Å². The van der Waals surface area contributed by atoms with E-state index in [1.165, 1.54) is 30.5 Å². The van der Waals surface area contributed by atoms with Gasteiger partial charge in [-0.1, -0.05) is 0 Å². The first-order valence-electron chi connectivity index (χ1n) is 11.6. The number of H-pyrrole nitrogens is 1. The maximum Gasteiger partial charge on any atom is 0.275 e. The molecule has 0 unspecified atom stereocenters. The van der Waals surface area contributed by atoms with E-state index in [0.29, 0.717) is 48.5 Å². The molecule has 0 bridgehead atoms. The van der Waals surface area contributed by atoms with Gasteiger partial charge in [-0.2, -0.15) is 5.10 Å². The maximum atomic E-state index is 13.1. The molecular weight excluding hydrogens is 466 g/mol. The van der Waals surface area contributed by atoms with Crippen LogP contribution < -0.4 is 10.2 Å². The third kappa shape index (κ3) is 4.54. The summed E-state index contributed by atoms with van der Waals surface area (Å²) in [4.78, 5) is 32.9. The second kappa shape index (κ2) is 8.54. The van der Waals surface area contributed by atoms with Crippen LogP contribution in [0.5, 0.6) is 0 Å². The number of aliphatic hydroxyl groups is 1. The second-order valence-electron chi connectivity index (χ2n) is 9.35. The Bertz CT molecular complexity index is 1350. The molecule has 1 aliphatic heterocycles. The van der Waals surface area contributed by atoms with E-state index >= 15 is 0 Å². The van der Waals surface area contributed by atoms with Crippen molar-refractivity contribution in [2.24, 2.45) is 0 Å². The molecule has 12 heteroatoms. The molecule has 11 nitrogen and oxygen atoms in total. The normalized spacial score (nSPS) is 17.5. The molecule has 1 saturated heterocycles. The summed E-state index contributed by atoms with van der Waals surface area (Å²) in [6, 6.07) is 1.79. The van der Waals surface area contributed by atoms with Crippen molar-refractivity contribution in [1.29, 1.82) is 0 Å². The average molecular weight is 492 g/mol. The van der Waals surface area contributed by atoms with Crippen molar-refractivity contribution in [3.05, 3.63) is 47.9 Å². The van der Waals surface area contributed by atoms with Gasteiger partial charge in [0.2, 0.25) is 0 Å². The number of imidazole rings is 1. The predicted octanol–water partition coefficient (Wildman–Crippen LogP) is 2.99. The van der Waals surface area contributed by atoms with Gasteiger partial charge in [0.25, 0.3) is 5.91 Å². The fourth-order valence-corrected chi connectivity index (χ4v) is 4.93. The Morgan fingerprint density at radius 2 is 2.06 bits per heavy atom. The fraction of sp³-hybridized carbons (Fsp3) is 0.391. The largest absolute Gasteiger partial charge is 0.390 e. The highest BCUT2D eigenvalue weighted by Crippen LogP contribution is 2.39. The molecule has 0 atom stereocenters. The number of anilines is 2. The van der Waals surface area contributed by atoms with Gasteiger partial charge in [0, 0.05) is 30.6 Å². The molecule has 4 aromatic rings. The Morgan fingerprint density at radius 3 is 2.80 bits per heavy atom. The first kappa shape index (κ1) is 21.9. The number of amides is 1. The number of aromatic amines is 1. The van der Waals surface area contributed by atoms with Crippen LogP contribution in [-0.2, 0) is 0 Å². The lowest BCUT2D eigenvalue weighted by Gasteiger charge is -2.37. The number of hydrogen-bond donors (Lipinski definition) is 3. The van der Waals surface area contributed by atoms with Crippen LogP contribution in [0.2, 0.25) is 0 Å². The van der Waals surface area contributed by atoms with Gasteiger partial charge in [0.1, 0.15) is 17.8 Å². The maximum absolute atomic E-state index is 13.1. The molecule has 0 spiro atoms. The molecule has 1 saturated carbocycles. The highest BCUT2D eigenvalue weighted by Gasteiger charge is 2.30. The zero-order valence-electron chi connectivity index (χ0n) is 19.2. The Labute approximate surface area is 205 Å². The van der Waals surface area contributed by atoms with Crippen LogP contribution in [0.3, 0.4) is 0 Å². The molecule has 2 aliphatic rings. The summed E-state index contributed by atoms with van der Waals surface area (Å²) in [5.74, 6) is 1.15. The van der Waals surface area contributed by atoms with Crippen LogP contribution in [0, 0.1) is 0 Å². The monoisotopic (exact) mass is 491 g/mol. The van der Waals surface area contributed by atoms with Gasteiger partial charge < -0.3 is 19.9 Å². The minimum absolute atomic E-state index is 0.281. The minimum atomic E-state index is -0.657. The zero-order valence-corrected chi connectivity index (χ0v) is 20.0. The lowest BCUT2D eigenvalue weighted by Crippen LogP contribution is -2.42. The lowest BCUT2D eigenvalue weighted by atomic mass is 9.93. The van der Waals surface area contributed by atoms with Gasteiger partial charge >= 0.3 is 0 Å². The Hall–Kier alpha value is -3.64. The molecular formula is C23H25N9O2S. The number of carbonyl (C=O) groups excluding carboxylic acids is 1. The van der Waals surface area contributed by atoms with Gasteiger partial charge in [0.05, 0.1) is 35.2 Å². The Balaban J connectivity index is 1.29. The summed E-state index contributed by atoms with van der Waals surface area (Å²) in [6.45, 7) is 3.29. The molecule has 4 aromatic heterocycles. The van der Waals surface area contributed by atoms with Gasteiger partial charge in [-0.05, 0) is 38.7 Å². The summed E-state index contributed by atoms with van der Waals surface area (Å²) in [7, 11) is 0. The Kier molecular flexibility index (Phi) is 5.33. The van der Waals surface area contributed by atoms with E-state index in [-0.39, 0.29) is 11.6 Å². The summed E-state index contributed by atoms with van der Waals surface area (Å²) in [5.41, 5.74) is 2.45. The van der Waals surface area contributed by atoms with Crippen molar-refractivity contribution < 1.29 is 9.90 Å². The number of thiazole rings is 1. The molecule has 2 fully saturated rings. The molecule has 1 aliphatic carbocycles. The molecule has 6 rings (SSSR count). The van der Waals surface area contributed by atoms with Crippen LogP contribution in [-0.4, -0.2) is 64.4 Å². The van der Waals surface area contributed by atoms with Crippen molar-refractivity contribution in [3.8, 4) is 16.5 Å². The molecule has 1 amide bonds. The number of hydrogen-bond acceptors (Lipinski definition) is 9. The number of carbonyl (C=O) groups is 1. The van der Waals surface area contributed by atoms with Crippen molar-refractivity contribution in [1.82, 2.24) is 34.7 Å². The van der Waals surface area contributed by atoms with Crippen LogP contribution in [0.1, 0.15) is 54.7 Å². The quantitative estimate of drug-likeness (QED) is 0.374. The number of rotatable bonds is 6. The molecule has 0 radical (unpaired) electrons. The van der Waals surface area contributed by atoms with E-state index < -0.39 is 5.60 Å². The molecule has 3 N–H and O–H groups in total. The van der Waals surface area contributed by atoms with Crippen LogP contribution in [0.4, 0.5) is 11.5 Å². The number of aromatic nitrogens is 7. The summed E-state index contributed by atoms with van der Waals surface area (Å²) in [6.07, 6.45) is 10.7. The van der Waals surface area contributed by atoms with Gasteiger partial charge in [-0.15, -0.1) is 11.3 Å². The van der Waals surface area contributed by atoms with Crippen LogP contribution >= 0.6 is 11.3 Å². The fourth-order valence-electron chi connectivity index (χ4n) is 4.23. The van der Waals surface area contributed by atoms with Gasteiger partial charge in [0.15, 0.2) is 10.8 Å². The van der Waals surface area contributed by atoms with Gasteiger partial charge in [-0.25, -0.2) is 19.9 Å². The second-order valence-corrected chi connectivity index (χ2v) is 10.2. The number of nitrogens with zero attached hydrogens (tertiary/aromatic N) is 7. The topological polar surface area (TPSA) is 138 Å². The smallest absolute Gasteiger partial charge is 0.275 e. The lowest BCUT2D eigenvalue weighted by molar-refractivity contribution is 0.0351. The SMILES string of the molecule is CC1(O)CCN(c2cnc(C(=O)Nc3csc(-c4ncn[nH]4)n3)cc2-n2cnc(C3CC3)c2)CC1. The highest BCUT2D eigenvalue weighted by atomic mass is 32.1. The van der Waals surface area contributed by atoms with E-state index in [2.05, 4.69) is 40.3 Å².